The molecule has 0 heterocycles. The van der Waals surface area contributed by atoms with Crippen LogP contribution in [0.15, 0.2) is 36.4 Å². The molecule has 1 unspecified atom stereocenters. The van der Waals surface area contributed by atoms with E-state index in [0.29, 0.717) is 24.0 Å². The zero-order chi connectivity index (χ0) is 12.4. The van der Waals surface area contributed by atoms with Gasteiger partial charge in [-0.15, -0.1) is 0 Å². The summed E-state index contributed by atoms with van der Waals surface area (Å²) in [5.41, 5.74) is 1.18. The van der Waals surface area contributed by atoms with Crippen molar-refractivity contribution in [3.63, 3.8) is 0 Å². The summed E-state index contributed by atoms with van der Waals surface area (Å²) in [5, 5.41) is 0. The van der Waals surface area contributed by atoms with Gasteiger partial charge in [0.25, 0.3) is 0 Å². The topological polar surface area (TPSA) is 43.4 Å². The van der Waals surface area contributed by atoms with E-state index in [1.807, 2.05) is 6.07 Å². The number of hydrogen-bond donors (Lipinski definition) is 0. The van der Waals surface area contributed by atoms with Gasteiger partial charge in [-0.1, -0.05) is 0 Å². The number of Topliss-reactive ketones (excluding diaryl/α,β-unsaturated/α-hetero) is 1. The Balaban J connectivity index is 2.12. The standard InChI is InChI=1S/C13H11AtO3/c1-8-5-6-11(15)12(8)17-13(16)9-3-2-4-10(14)7-9/h2-4,7,12H,1,5-6H2/i14+1. The number of ether oxygens (including phenoxy) is 1. The summed E-state index contributed by atoms with van der Waals surface area (Å²) in [5.74, 6) is -0.510. The number of hydrogen-bond acceptors (Lipinski definition) is 3. The molecule has 0 aromatic heterocycles. The number of benzene rings is 1. The monoisotopic (exact) mass is 426 g/mol. The molecule has 1 aromatic carbocycles. The second kappa shape index (κ2) is 5.09. The van der Waals surface area contributed by atoms with Gasteiger partial charge in [0, 0.05) is 0 Å². The number of esters is 1. The summed E-state index contributed by atoms with van der Waals surface area (Å²) in [7, 11) is 0. The maximum absolute atomic E-state index is 11.8. The van der Waals surface area contributed by atoms with E-state index in [0.717, 1.165) is 3.27 Å². The predicted molar refractivity (Wildman–Crippen MR) is 58.7 cm³/mol. The Hall–Kier alpha value is -1.02. The molecule has 1 aliphatic rings. The van der Waals surface area contributed by atoms with Gasteiger partial charge in [0.2, 0.25) is 0 Å². The van der Waals surface area contributed by atoms with Crippen LogP contribution >= 0.6 is 0 Å². The molecule has 0 saturated heterocycles. The third kappa shape index (κ3) is 2.81. The molecule has 1 aliphatic carbocycles. The van der Waals surface area contributed by atoms with Crippen LogP contribution in [0.5, 0.6) is 0 Å². The molecular formula is C13H11AtO3. The van der Waals surface area contributed by atoms with E-state index in [2.05, 4.69) is 6.58 Å². The van der Waals surface area contributed by atoms with Crippen molar-refractivity contribution in [2.45, 2.75) is 18.9 Å². The Labute approximate surface area is 115 Å². The SMILES string of the molecule is C=C1CCC(=O)C1OC(=O)c1cccc([211At])c1. The second-order valence-electron chi connectivity index (χ2n) is 3.92. The second-order valence-corrected chi connectivity index (χ2v) is 5.62. The minimum absolute atomic E-state index is 0.0558. The van der Waals surface area contributed by atoms with Gasteiger partial charge in [-0.25, -0.2) is 0 Å². The van der Waals surface area contributed by atoms with E-state index < -0.39 is 12.1 Å². The summed E-state index contributed by atoms with van der Waals surface area (Å²) >= 11 is 1.49. The van der Waals surface area contributed by atoms with E-state index in [9.17, 15) is 9.59 Å². The molecule has 1 atom stereocenters. The average Bonchev–Trinajstić information content (AvgIpc) is 2.61. The third-order valence-electron chi connectivity index (χ3n) is 2.64. The van der Waals surface area contributed by atoms with Crippen molar-refractivity contribution >= 4 is 15.0 Å². The zero-order valence-corrected chi connectivity index (χ0v) is 12.0. The Morgan fingerprint density at radius 3 is 2.76 bits per heavy atom. The summed E-state index contributed by atoms with van der Waals surface area (Å²) < 4.78 is 6.23. The Bertz CT molecular complexity index is 477. The fourth-order valence-electron chi connectivity index (χ4n) is 1.71. The van der Waals surface area contributed by atoms with Crippen LogP contribution in [-0.2, 0) is 9.53 Å². The van der Waals surface area contributed by atoms with E-state index in [4.69, 9.17) is 4.74 Å². The molecule has 0 bridgehead atoms. The van der Waals surface area contributed by atoms with Crippen molar-refractivity contribution in [3.05, 3.63) is 42.0 Å². The summed E-state index contributed by atoms with van der Waals surface area (Å²) in [6.45, 7) is 3.75. The molecule has 1 aromatic rings. The van der Waals surface area contributed by atoms with Crippen LogP contribution in [-0.4, -0.2) is 17.9 Å². The number of carbonyl (C=O) groups excluding carboxylic acids is 2. The third-order valence-corrected chi connectivity index (χ3v) is 3.55. The molecule has 0 aliphatic heterocycles. The van der Waals surface area contributed by atoms with Gasteiger partial charge in [0.15, 0.2) is 0 Å². The van der Waals surface area contributed by atoms with Gasteiger partial charge in [-0.3, -0.25) is 0 Å². The molecule has 0 amide bonds. The van der Waals surface area contributed by atoms with Crippen LogP contribution in [0.3, 0.4) is 0 Å². The molecule has 0 radical (unpaired) electrons. The Morgan fingerprint density at radius 1 is 1.41 bits per heavy atom. The van der Waals surface area contributed by atoms with Crippen LogP contribution in [0, 0.1) is 24.7 Å². The van der Waals surface area contributed by atoms with Crippen molar-refractivity contribution in [1.29, 1.82) is 0 Å². The molecule has 1 fully saturated rings. The van der Waals surface area contributed by atoms with Gasteiger partial charge < -0.3 is 0 Å². The minimum atomic E-state index is -0.743. The first-order valence-electron chi connectivity index (χ1n) is 5.25. The van der Waals surface area contributed by atoms with Crippen LogP contribution in [0.4, 0.5) is 0 Å². The van der Waals surface area contributed by atoms with Gasteiger partial charge >= 0.3 is 115 Å². The summed E-state index contributed by atoms with van der Waals surface area (Å²) in [4.78, 5) is 23.3. The van der Waals surface area contributed by atoms with Gasteiger partial charge in [-0.05, 0) is 0 Å². The normalized spacial score (nSPS) is 19.5. The van der Waals surface area contributed by atoms with E-state index in [-0.39, 0.29) is 5.78 Å². The molecular weight excluding hydrogens is 415 g/mol. The summed E-state index contributed by atoms with van der Waals surface area (Å²) in [6, 6.07) is 7.18. The molecule has 0 N–H and O–H groups in total. The predicted octanol–water partition coefficient (Wildman–Crippen LogP) is 1.31. The molecule has 1 saturated carbocycles. The van der Waals surface area contributed by atoms with Crippen molar-refractivity contribution in [3.8, 4) is 0 Å². The van der Waals surface area contributed by atoms with Crippen LogP contribution in [0.25, 0.3) is 0 Å². The molecule has 88 valence electrons. The van der Waals surface area contributed by atoms with Gasteiger partial charge in [-0.2, -0.15) is 0 Å². The maximum atomic E-state index is 11.8. The average molecular weight is 426 g/mol. The van der Waals surface area contributed by atoms with Crippen molar-refractivity contribution in [2.75, 3.05) is 0 Å². The van der Waals surface area contributed by atoms with Crippen LogP contribution in [0.1, 0.15) is 23.2 Å². The fourth-order valence-corrected chi connectivity index (χ4v) is 2.45. The van der Waals surface area contributed by atoms with Crippen molar-refractivity contribution in [2.24, 2.45) is 0 Å². The van der Waals surface area contributed by atoms with Crippen LogP contribution < -0.4 is 3.27 Å². The Kier molecular flexibility index (Phi) is 3.73. The first kappa shape index (κ1) is 12.4. The van der Waals surface area contributed by atoms with Crippen LogP contribution in [0.2, 0.25) is 0 Å². The van der Waals surface area contributed by atoms with Crippen molar-refractivity contribution < 1.29 is 39.0 Å². The summed E-state index contributed by atoms with van der Waals surface area (Å²) in [6.07, 6.45) is 0.300. The van der Waals surface area contributed by atoms with Gasteiger partial charge in [0.1, 0.15) is 0 Å². The quantitative estimate of drug-likeness (QED) is 0.529. The van der Waals surface area contributed by atoms with E-state index in [1.54, 1.807) is 18.2 Å². The first-order chi connectivity index (χ1) is 8.08. The fraction of sp³-hybridized carbons (Fsp3) is 0.231. The van der Waals surface area contributed by atoms with Crippen molar-refractivity contribution in [1.82, 2.24) is 0 Å². The number of rotatable bonds is 2. The number of carbonyl (C=O) groups is 2. The first-order valence-corrected chi connectivity index (χ1v) is 6.72. The molecule has 2 rings (SSSR count). The van der Waals surface area contributed by atoms with E-state index >= 15 is 0 Å². The van der Waals surface area contributed by atoms with E-state index in [1.165, 1.54) is 24.7 Å². The molecule has 0 spiro atoms. The Morgan fingerprint density at radius 2 is 2.18 bits per heavy atom. The number of ketones is 1. The zero-order valence-electron chi connectivity index (χ0n) is 9.11. The molecule has 4 heteroatoms. The van der Waals surface area contributed by atoms with Gasteiger partial charge in [0.05, 0.1) is 0 Å². The molecule has 17 heavy (non-hydrogen) atoms. The molecule has 3 nitrogen and oxygen atoms in total.